The highest BCUT2D eigenvalue weighted by atomic mass is 16.2. The first-order valence-electron chi connectivity index (χ1n) is 7.69. The molecule has 0 fully saturated rings. The van der Waals surface area contributed by atoms with Gasteiger partial charge in [-0.05, 0) is 39.8 Å². The SMILES string of the molecule is CC[NH+](CC(=O)NC(C)(C)C)CC(=O)N(C)c1ccccc1. The maximum atomic E-state index is 12.4. The van der Waals surface area contributed by atoms with Gasteiger partial charge >= 0.3 is 0 Å². The van der Waals surface area contributed by atoms with E-state index in [0.717, 1.165) is 17.1 Å². The Labute approximate surface area is 133 Å². The molecule has 2 N–H and O–H groups in total. The number of hydrogen-bond donors (Lipinski definition) is 2. The molecule has 5 nitrogen and oxygen atoms in total. The lowest BCUT2D eigenvalue weighted by atomic mass is 10.1. The fourth-order valence-corrected chi connectivity index (χ4v) is 2.13. The van der Waals surface area contributed by atoms with E-state index < -0.39 is 0 Å². The largest absolute Gasteiger partial charge is 0.347 e. The average Bonchev–Trinajstić information content (AvgIpc) is 2.44. The Morgan fingerprint density at radius 2 is 1.73 bits per heavy atom. The summed E-state index contributed by atoms with van der Waals surface area (Å²) in [5.41, 5.74) is 0.614. The summed E-state index contributed by atoms with van der Waals surface area (Å²) in [6.07, 6.45) is 0. The van der Waals surface area contributed by atoms with Crippen LogP contribution in [0.3, 0.4) is 0 Å². The fourth-order valence-electron chi connectivity index (χ4n) is 2.13. The van der Waals surface area contributed by atoms with Crippen molar-refractivity contribution in [1.82, 2.24) is 5.32 Å². The Balaban J connectivity index is 2.58. The van der Waals surface area contributed by atoms with Crippen LogP contribution < -0.4 is 15.1 Å². The molecule has 1 rings (SSSR count). The van der Waals surface area contributed by atoms with Gasteiger partial charge < -0.3 is 15.1 Å². The molecule has 1 aromatic rings. The predicted octanol–water partition coefficient (Wildman–Crippen LogP) is 0.469. The van der Waals surface area contributed by atoms with Crippen molar-refractivity contribution in [2.45, 2.75) is 33.2 Å². The minimum atomic E-state index is -0.249. The lowest BCUT2D eigenvalue weighted by Gasteiger charge is -2.24. The zero-order chi connectivity index (χ0) is 16.8. The molecule has 0 bridgehead atoms. The fraction of sp³-hybridized carbons (Fsp3) is 0.529. The molecule has 0 heterocycles. The predicted molar refractivity (Wildman–Crippen MR) is 89.0 cm³/mol. The second kappa shape index (κ2) is 7.94. The molecule has 2 amide bonds. The summed E-state index contributed by atoms with van der Waals surface area (Å²) in [5, 5.41) is 2.93. The highest BCUT2D eigenvalue weighted by molar-refractivity contribution is 5.93. The molecule has 22 heavy (non-hydrogen) atoms. The van der Waals surface area contributed by atoms with E-state index in [9.17, 15) is 9.59 Å². The molecule has 0 aliphatic rings. The van der Waals surface area contributed by atoms with Crippen LogP contribution in [0.15, 0.2) is 30.3 Å². The van der Waals surface area contributed by atoms with Crippen molar-refractivity contribution < 1.29 is 14.5 Å². The van der Waals surface area contributed by atoms with Crippen LogP contribution in [0, 0.1) is 0 Å². The van der Waals surface area contributed by atoms with E-state index in [1.807, 2.05) is 58.0 Å². The molecule has 0 aliphatic carbocycles. The number of benzene rings is 1. The van der Waals surface area contributed by atoms with Crippen molar-refractivity contribution in [3.05, 3.63) is 30.3 Å². The number of rotatable bonds is 6. The monoisotopic (exact) mass is 306 g/mol. The molecule has 0 spiro atoms. The first kappa shape index (κ1) is 18.2. The van der Waals surface area contributed by atoms with Crippen LogP contribution in [0.5, 0.6) is 0 Å². The number of para-hydroxylation sites is 1. The van der Waals surface area contributed by atoms with Crippen LogP contribution >= 0.6 is 0 Å². The molecule has 0 aromatic heterocycles. The van der Waals surface area contributed by atoms with Crippen LogP contribution in [0.4, 0.5) is 5.69 Å². The molecular weight excluding hydrogens is 278 g/mol. The Morgan fingerprint density at radius 3 is 2.23 bits per heavy atom. The molecule has 1 unspecified atom stereocenters. The Kier molecular flexibility index (Phi) is 6.56. The highest BCUT2D eigenvalue weighted by Crippen LogP contribution is 2.10. The zero-order valence-electron chi connectivity index (χ0n) is 14.3. The number of nitrogens with one attached hydrogen (secondary N) is 2. The van der Waals surface area contributed by atoms with Gasteiger partial charge in [-0.1, -0.05) is 18.2 Å². The van der Waals surface area contributed by atoms with E-state index in [1.54, 1.807) is 11.9 Å². The van der Waals surface area contributed by atoms with Crippen LogP contribution in [0.25, 0.3) is 0 Å². The summed E-state index contributed by atoms with van der Waals surface area (Å²) >= 11 is 0. The standard InChI is InChI=1S/C17H27N3O2/c1-6-20(12-15(21)18-17(2,3)4)13-16(22)19(5)14-10-8-7-9-11-14/h7-11H,6,12-13H2,1-5H3,(H,18,21)/p+1. The molecule has 0 radical (unpaired) electrons. The molecule has 0 aliphatic heterocycles. The van der Waals surface area contributed by atoms with E-state index >= 15 is 0 Å². The van der Waals surface area contributed by atoms with Crippen molar-refractivity contribution in [2.24, 2.45) is 0 Å². The Morgan fingerprint density at radius 1 is 1.14 bits per heavy atom. The number of amides is 2. The van der Waals surface area contributed by atoms with Gasteiger partial charge in [0.2, 0.25) is 0 Å². The van der Waals surface area contributed by atoms with Crippen molar-refractivity contribution in [1.29, 1.82) is 0 Å². The van der Waals surface area contributed by atoms with E-state index in [1.165, 1.54) is 0 Å². The number of nitrogens with zero attached hydrogens (tertiary/aromatic N) is 1. The van der Waals surface area contributed by atoms with Gasteiger partial charge in [0.25, 0.3) is 11.8 Å². The zero-order valence-corrected chi connectivity index (χ0v) is 14.3. The number of quaternary nitrogens is 1. The van der Waals surface area contributed by atoms with Gasteiger partial charge in [-0.15, -0.1) is 0 Å². The summed E-state index contributed by atoms with van der Waals surface area (Å²) in [4.78, 5) is 26.9. The van der Waals surface area contributed by atoms with Crippen LogP contribution in [0.2, 0.25) is 0 Å². The maximum Gasteiger partial charge on any atom is 0.281 e. The minimum absolute atomic E-state index is 0.00612. The molecule has 5 heteroatoms. The molecule has 1 aromatic carbocycles. The topological polar surface area (TPSA) is 53.9 Å². The van der Waals surface area contributed by atoms with Crippen molar-refractivity contribution in [3.8, 4) is 0 Å². The van der Waals surface area contributed by atoms with E-state index in [0.29, 0.717) is 13.1 Å². The second-order valence-electron chi connectivity index (χ2n) is 6.54. The summed E-state index contributed by atoms with van der Waals surface area (Å²) in [6, 6.07) is 9.52. The molecule has 1 atom stereocenters. The summed E-state index contributed by atoms with van der Waals surface area (Å²) in [5.74, 6) is -0.0221. The smallest absolute Gasteiger partial charge is 0.281 e. The number of carbonyl (C=O) groups excluding carboxylic acids is 2. The van der Waals surface area contributed by atoms with Gasteiger partial charge in [-0.3, -0.25) is 9.59 Å². The Hall–Kier alpha value is -1.88. The minimum Gasteiger partial charge on any atom is -0.347 e. The maximum absolute atomic E-state index is 12.4. The number of carbonyl (C=O) groups is 2. The van der Waals surface area contributed by atoms with Gasteiger partial charge in [-0.25, -0.2) is 0 Å². The quantitative estimate of drug-likeness (QED) is 0.803. The summed E-state index contributed by atoms with van der Waals surface area (Å²) in [7, 11) is 1.76. The van der Waals surface area contributed by atoms with Crippen molar-refractivity contribution >= 4 is 17.5 Å². The third-order valence-corrected chi connectivity index (χ3v) is 3.34. The van der Waals surface area contributed by atoms with E-state index in [-0.39, 0.29) is 17.4 Å². The van der Waals surface area contributed by atoms with Gasteiger partial charge in [0.1, 0.15) is 0 Å². The number of anilines is 1. The lowest BCUT2D eigenvalue weighted by Crippen LogP contribution is -3.14. The van der Waals surface area contributed by atoms with Gasteiger partial charge in [0.15, 0.2) is 13.1 Å². The third kappa shape index (κ3) is 6.26. The normalized spacial score (nSPS) is 12.6. The third-order valence-electron chi connectivity index (χ3n) is 3.34. The molecule has 0 saturated heterocycles. The molecule has 122 valence electrons. The number of hydrogen-bond acceptors (Lipinski definition) is 2. The van der Waals surface area contributed by atoms with Crippen molar-refractivity contribution in [3.63, 3.8) is 0 Å². The molecule has 0 saturated carbocycles. The molecular formula is C17H28N3O2+. The summed E-state index contributed by atoms with van der Waals surface area (Å²) in [6.45, 7) is 9.17. The van der Waals surface area contributed by atoms with Crippen LogP contribution in [0.1, 0.15) is 27.7 Å². The van der Waals surface area contributed by atoms with Crippen LogP contribution in [-0.2, 0) is 9.59 Å². The van der Waals surface area contributed by atoms with Crippen LogP contribution in [-0.4, -0.2) is 44.0 Å². The van der Waals surface area contributed by atoms with E-state index in [2.05, 4.69) is 5.32 Å². The van der Waals surface area contributed by atoms with E-state index in [4.69, 9.17) is 0 Å². The lowest BCUT2D eigenvalue weighted by molar-refractivity contribution is -0.881. The van der Waals surface area contributed by atoms with Gasteiger partial charge in [0, 0.05) is 18.3 Å². The van der Waals surface area contributed by atoms with Gasteiger partial charge in [0.05, 0.1) is 6.54 Å². The van der Waals surface area contributed by atoms with Crippen molar-refractivity contribution in [2.75, 3.05) is 31.6 Å². The number of likely N-dealkylation sites (N-methyl/N-ethyl adjacent to an activating group) is 2. The Bertz CT molecular complexity index is 494. The highest BCUT2D eigenvalue weighted by Gasteiger charge is 2.22. The summed E-state index contributed by atoms with van der Waals surface area (Å²) < 4.78 is 0. The van der Waals surface area contributed by atoms with Gasteiger partial charge in [-0.2, -0.15) is 0 Å². The second-order valence-corrected chi connectivity index (χ2v) is 6.54. The first-order chi connectivity index (χ1) is 10.2. The average molecular weight is 306 g/mol. The first-order valence-corrected chi connectivity index (χ1v) is 7.69.